The molecule has 0 spiro atoms. The van der Waals surface area contributed by atoms with Crippen LogP contribution in [0.5, 0.6) is 0 Å². The van der Waals surface area contributed by atoms with Crippen molar-refractivity contribution in [2.45, 2.75) is 49.9 Å². The number of nitrogens with one attached hydrogen (secondary N) is 6. The number of nitrogens with zero attached hydrogens (tertiary/aromatic N) is 1. The first kappa shape index (κ1) is 32.4. The molecule has 10 N–H and O–H groups in total. The van der Waals surface area contributed by atoms with Gasteiger partial charge < -0.3 is 46.8 Å². The Balaban J connectivity index is 1.38. The summed E-state index contributed by atoms with van der Waals surface area (Å²) in [5.41, 5.74) is 10.0. The molecule has 0 saturated heterocycles. The fraction of sp³-hybridized carbons (Fsp3) is 0.250. The van der Waals surface area contributed by atoms with Crippen LogP contribution < -0.4 is 21.7 Å². The second kappa shape index (κ2) is 14.4. The fourth-order valence-corrected chi connectivity index (χ4v) is 5.38. The number of aliphatic carboxylic acids is 2. The smallest absolute Gasteiger partial charge is 0.326 e. The van der Waals surface area contributed by atoms with E-state index in [0.717, 1.165) is 27.4 Å². The van der Waals surface area contributed by atoms with Gasteiger partial charge in [-0.25, -0.2) is 9.78 Å². The third-order valence-electron chi connectivity index (χ3n) is 7.79. The van der Waals surface area contributed by atoms with Crippen LogP contribution in [0.25, 0.3) is 21.8 Å². The molecule has 15 heteroatoms. The molecule has 2 aromatic carbocycles. The molecular weight excluding hydrogens is 608 g/mol. The first-order chi connectivity index (χ1) is 22.6. The van der Waals surface area contributed by atoms with E-state index in [4.69, 9.17) is 10.8 Å². The molecule has 4 unspecified atom stereocenters. The lowest BCUT2D eigenvalue weighted by Gasteiger charge is -2.25. The zero-order chi connectivity index (χ0) is 33.5. The molecule has 4 atom stereocenters. The lowest BCUT2D eigenvalue weighted by Crippen LogP contribution is -2.58. The zero-order valence-electron chi connectivity index (χ0n) is 25.0. The van der Waals surface area contributed by atoms with Gasteiger partial charge >= 0.3 is 11.9 Å². The van der Waals surface area contributed by atoms with Gasteiger partial charge in [-0.05, 0) is 29.7 Å². The van der Waals surface area contributed by atoms with Crippen LogP contribution >= 0.6 is 0 Å². The molecule has 3 heterocycles. The molecule has 5 rings (SSSR count). The molecule has 0 fully saturated rings. The summed E-state index contributed by atoms with van der Waals surface area (Å²) in [7, 11) is 0. The number of aromatic nitrogens is 4. The highest BCUT2D eigenvalue weighted by atomic mass is 16.4. The number of nitrogens with two attached hydrogens (primary N) is 1. The van der Waals surface area contributed by atoms with Gasteiger partial charge in [0, 0.05) is 58.9 Å². The summed E-state index contributed by atoms with van der Waals surface area (Å²) < 4.78 is 0. The Labute approximate surface area is 267 Å². The molecule has 0 saturated carbocycles. The van der Waals surface area contributed by atoms with Crippen molar-refractivity contribution in [3.8, 4) is 0 Å². The van der Waals surface area contributed by atoms with Gasteiger partial charge in [0.15, 0.2) is 0 Å². The monoisotopic (exact) mass is 642 g/mol. The highest BCUT2D eigenvalue weighted by Gasteiger charge is 2.32. The number of imidazole rings is 1. The first-order valence-corrected chi connectivity index (χ1v) is 14.8. The van der Waals surface area contributed by atoms with Crippen molar-refractivity contribution in [3.63, 3.8) is 0 Å². The predicted octanol–water partition coefficient (Wildman–Crippen LogP) is 0.741. The van der Waals surface area contributed by atoms with Crippen molar-refractivity contribution < 1.29 is 34.2 Å². The summed E-state index contributed by atoms with van der Waals surface area (Å²) in [5, 5.41) is 27.9. The van der Waals surface area contributed by atoms with E-state index in [1.54, 1.807) is 12.4 Å². The van der Waals surface area contributed by atoms with Crippen LogP contribution in [0, 0.1) is 0 Å². The standard InChI is InChI=1S/C32H34N8O7/c33-22(9-17-13-35-23-7-3-1-5-20(17)23)29(43)38-25(10-18-14-36-24-8-4-2-6-21(18)24)30(44)39-26(11-19-15-34-16-37-19)31(45)40-27(32(46)47)12-28(41)42/h1-8,13-16,22,25-27,35-36H,9-12,33H2,(H,34,37)(H,38,43)(H,39,44)(H,40,45)(H,41,42)(H,46,47). The maximum Gasteiger partial charge on any atom is 0.326 e. The maximum atomic E-state index is 13.9. The largest absolute Gasteiger partial charge is 0.481 e. The Morgan fingerprint density at radius 1 is 0.702 bits per heavy atom. The molecule has 0 aliphatic rings. The molecule has 5 aromatic rings. The van der Waals surface area contributed by atoms with Crippen molar-refractivity contribution in [2.24, 2.45) is 5.73 Å². The van der Waals surface area contributed by atoms with E-state index in [-0.39, 0.29) is 19.3 Å². The summed E-state index contributed by atoms with van der Waals surface area (Å²) in [6.07, 6.45) is 5.49. The second-order valence-electron chi connectivity index (χ2n) is 11.1. The van der Waals surface area contributed by atoms with Crippen LogP contribution in [-0.2, 0) is 43.2 Å². The molecular formula is C32H34N8O7. The number of amides is 3. The van der Waals surface area contributed by atoms with Crippen molar-refractivity contribution in [1.82, 2.24) is 35.9 Å². The number of para-hydroxylation sites is 2. The molecule has 47 heavy (non-hydrogen) atoms. The van der Waals surface area contributed by atoms with Gasteiger partial charge in [0.1, 0.15) is 18.1 Å². The predicted molar refractivity (Wildman–Crippen MR) is 170 cm³/mol. The van der Waals surface area contributed by atoms with E-state index in [1.807, 2.05) is 48.5 Å². The highest BCUT2D eigenvalue weighted by Crippen LogP contribution is 2.21. The quantitative estimate of drug-likeness (QED) is 0.0780. The third-order valence-corrected chi connectivity index (χ3v) is 7.79. The van der Waals surface area contributed by atoms with Crippen LogP contribution in [0.15, 0.2) is 73.4 Å². The van der Waals surface area contributed by atoms with Gasteiger partial charge in [0.2, 0.25) is 17.7 Å². The van der Waals surface area contributed by atoms with E-state index >= 15 is 0 Å². The number of carbonyl (C=O) groups excluding carboxylic acids is 3. The van der Waals surface area contributed by atoms with E-state index in [2.05, 4.69) is 35.9 Å². The number of carboxylic acids is 2. The number of benzene rings is 2. The summed E-state index contributed by atoms with van der Waals surface area (Å²) in [5.74, 6) is -5.27. The van der Waals surface area contributed by atoms with E-state index < -0.39 is 60.2 Å². The first-order valence-electron chi connectivity index (χ1n) is 14.8. The van der Waals surface area contributed by atoms with Crippen molar-refractivity contribution in [1.29, 1.82) is 0 Å². The van der Waals surface area contributed by atoms with Crippen LogP contribution in [0.4, 0.5) is 0 Å². The molecule has 0 bridgehead atoms. The SMILES string of the molecule is NC(Cc1c[nH]c2ccccc12)C(=O)NC(Cc1c[nH]c2ccccc12)C(=O)NC(Cc1cnc[nH]1)C(=O)NC(CC(=O)O)C(=O)O. The molecule has 244 valence electrons. The number of aromatic amines is 3. The molecule has 15 nitrogen and oxygen atoms in total. The summed E-state index contributed by atoms with van der Waals surface area (Å²) in [4.78, 5) is 76.5. The number of carbonyl (C=O) groups is 5. The number of fused-ring (bicyclic) bond motifs is 2. The average Bonchev–Trinajstić information content (AvgIpc) is 3.81. The van der Waals surface area contributed by atoms with E-state index in [9.17, 15) is 29.1 Å². The average molecular weight is 643 g/mol. The van der Waals surface area contributed by atoms with Crippen molar-refractivity contribution >= 4 is 51.5 Å². The van der Waals surface area contributed by atoms with Gasteiger partial charge in [-0.2, -0.15) is 0 Å². The zero-order valence-corrected chi connectivity index (χ0v) is 25.0. The van der Waals surface area contributed by atoms with Crippen LogP contribution in [0.1, 0.15) is 23.2 Å². The topological polar surface area (TPSA) is 248 Å². The summed E-state index contributed by atoms with van der Waals surface area (Å²) in [6, 6.07) is 9.67. The van der Waals surface area contributed by atoms with Gasteiger partial charge in [0.25, 0.3) is 0 Å². The summed E-state index contributed by atoms with van der Waals surface area (Å²) in [6.45, 7) is 0. The fourth-order valence-electron chi connectivity index (χ4n) is 5.38. The number of H-pyrrole nitrogens is 3. The van der Waals surface area contributed by atoms with Crippen molar-refractivity contribution in [3.05, 3.63) is 90.3 Å². The van der Waals surface area contributed by atoms with Gasteiger partial charge in [-0.3, -0.25) is 19.2 Å². The Bertz CT molecular complexity index is 1900. The normalized spacial score (nSPS) is 13.8. The lowest BCUT2D eigenvalue weighted by atomic mass is 10.0. The molecule has 0 aliphatic carbocycles. The van der Waals surface area contributed by atoms with Gasteiger partial charge in [-0.1, -0.05) is 36.4 Å². The second-order valence-corrected chi connectivity index (χ2v) is 11.1. The van der Waals surface area contributed by atoms with Crippen LogP contribution in [0.2, 0.25) is 0 Å². The maximum absolute atomic E-state index is 13.9. The number of rotatable bonds is 15. The van der Waals surface area contributed by atoms with Crippen molar-refractivity contribution in [2.75, 3.05) is 0 Å². The molecule has 0 radical (unpaired) electrons. The summed E-state index contributed by atoms with van der Waals surface area (Å²) >= 11 is 0. The van der Waals surface area contributed by atoms with E-state index in [1.165, 1.54) is 12.5 Å². The molecule has 0 aliphatic heterocycles. The van der Waals surface area contributed by atoms with Gasteiger partial charge in [0.05, 0.1) is 18.8 Å². The third kappa shape index (κ3) is 8.01. The number of carboxylic acid groups (broad SMARTS) is 2. The minimum absolute atomic E-state index is 0.0244. The Kier molecular flexibility index (Phi) is 9.96. The van der Waals surface area contributed by atoms with Crippen LogP contribution in [0.3, 0.4) is 0 Å². The van der Waals surface area contributed by atoms with Gasteiger partial charge in [-0.15, -0.1) is 0 Å². The Morgan fingerprint density at radius 3 is 1.79 bits per heavy atom. The lowest BCUT2D eigenvalue weighted by molar-refractivity contribution is -0.147. The number of hydrogen-bond donors (Lipinski definition) is 9. The highest BCUT2D eigenvalue weighted by molar-refractivity contribution is 5.95. The number of hydrogen-bond acceptors (Lipinski definition) is 7. The Morgan fingerprint density at radius 2 is 1.23 bits per heavy atom. The molecule has 3 amide bonds. The Hall–Kier alpha value is -5.96. The van der Waals surface area contributed by atoms with E-state index in [0.29, 0.717) is 11.3 Å². The minimum Gasteiger partial charge on any atom is -0.481 e. The molecule has 3 aromatic heterocycles. The van der Waals surface area contributed by atoms with Crippen LogP contribution in [-0.4, -0.2) is 84.0 Å². The minimum atomic E-state index is -1.75.